The summed E-state index contributed by atoms with van der Waals surface area (Å²) in [5.74, 6) is -0.330. The molecule has 0 spiro atoms. The summed E-state index contributed by atoms with van der Waals surface area (Å²) in [5, 5.41) is 9.99. The van der Waals surface area contributed by atoms with Crippen LogP contribution in [0.4, 0.5) is 15.8 Å². The minimum absolute atomic E-state index is 0.0801. The minimum Gasteiger partial charge on any atom is -0.397 e. The first-order valence-electron chi connectivity index (χ1n) is 6.05. The highest BCUT2D eigenvalue weighted by molar-refractivity contribution is 5.67. The lowest BCUT2D eigenvalue weighted by Gasteiger charge is -2.37. The quantitative estimate of drug-likeness (QED) is 0.776. The maximum atomic E-state index is 13.0. The van der Waals surface area contributed by atoms with Crippen molar-refractivity contribution in [2.45, 2.75) is 37.8 Å². The zero-order valence-electron chi connectivity index (χ0n) is 10.1. The van der Waals surface area contributed by atoms with E-state index in [1.54, 1.807) is 6.07 Å². The lowest BCUT2D eigenvalue weighted by Crippen LogP contribution is -2.43. The number of hydrogen-bond donors (Lipinski definition) is 2. The number of nitrogens with two attached hydrogens (primary N) is 1. The van der Waals surface area contributed by atoms with Crippen LogP contribution in [0.15, 0.2) is 18.2 Å². The van der Waals surface area contributed by atoms with Crippen molar-refractivity contribution < 1.29 is 9.50 Å². The minimum atomic E-state index is -0.330. The van der Waals surface area contributed by atoms with Crippen LogP contribution < -0.4 is 10.6 Å². The predicted octanol–water partition coefficient (Wildman–Crippen LogP) is 2.15. The average Bonchev–Trinajstić information content (AvgIpc) is 2.29. The highest BCUT2D eigenvalue weighted by Crippen LogP contribution is 2.30. The van der Waals surface area contributed by atoms with Gasteiger partial charge in [0.2, 0.25) is 0 Å². The van der Waals surface area contributed by atoms with Crippen LogP contribution in [-0.2, 0) is 0 Å². The topological polar surface area (TPSA) is 49.5 Å². The van der Waals surface area contributed by atoms with Gasteiger partial charge in [-0.25, -0.2) is 4.39 Å². The van der Waals surface area contributed by atoms with Crippen molar-refractivity contribution >= 4 is 11.4 Å². The lowest BCUT2D eigenvalue weighted by molar-refractivity contribution is 0.106. The number of aliphatic hydroxyl groups is 1. The fourth-order valence-corrected chi connectivity index (χ4v) is 2.57. The fraction of sp³-hybridized carbons (Fsp3) is 0.538. The Balaban J connectivity index is 2.20. The molecule has 0 radical (unpaired) electrons. The molecule has 1 saturated carbocycles. The average molecular weight is 238 g/mol. The van der Waals surface area contributed by atoms with Crippen molar-refractivity contribution in [1.82, 2.24) is 0 Å². The molecule has 2 atom stereocenters. The summed E-state index contributed by atoms with van der Waals surface area (Å²) < 4.78 is 13.0. The molecule has 1 aliphatic rings. The van der Waals surface area contributed by atoms with Gasteiger partial charge in [-0.05, 0) is 31.0 Å². The smallest absolute Gasteiger partial charge is 0.125 e. The molecule has 1 aromatic carbocycles. The van der Waals surface area contributed by atoms with Gasteiger partial charge >= 0.3 is 0 Å². The van der Waals surface area contributed by atoms with E-state index in [4.69, 9.17) is 5.73 Å². The maximum Gasteiger partial charge on any atom is 0.125 e. The van der Waals surface area contributed by atoms with E-state index in [2.05, 4.69) is 0 Å². The number of halogens is 1. The van der Waals surface area contributed by atoms with Gasteiger partial charge in [-0.2, -0.15) is 0 Å². The molecule has 4 heteroatoms. The Morgan fingerprint density at radius 2 is 2.06 bits per heavy atom. The van der Waals surface area contributed by atoms with E-state index in [1.165, 1.54) is 12.1 Å². The second-order valence-corrected chi connectivity index (χ2v) is 4.73. The van der Waals surface area contributed by atoms with Gasteiger partial charge in [0, 0.05) is 7.05 Å². The molecule has 0 saturated heterocycles. The number of anilines is 2. The van der Waals surface area contributed by atoms with Crippen molar-refractivity contribution in [3.05, 3.63) is 24.0 Å². The van der Waals surface area contributed by atoms with Gasteiger partial charge in [0.15, 0.2) is 0 Å². The van der Waals surface area contributed by atoms with Crippen LogP contribution in [0.5, 0.6) is 0 Å². The maximum absolute atomic E-state index is 13.0. The molecule has 1 fully saturated rings. The number of likely N-dealkylation sites (N-methyl/N-ethyl adjacent to an activating group) is 1. The number of nitrogens with zero attached hydrogens (tertiary/aromatic N) is 1. The molecule has 3 N–H and O–H groups in total. The van der Waals surface area contributed by atoms with Gasteiger partial charge in [0.1, 0.15) is 5.82 Å². The van der Waals surface area contributed by atoms with Crippen LogP contribution in [0.3, 0.4) is 0 Å². The van der Waals surface area contributed by atoms with Crippen LogP contribution in [0, 0.1) is 5.82 Å². The van der Waals surface area contributed by atoms with Gasteiger partial charge in [0.25, 0.3) is 0 Å². The van der Waals surface area contributed by atoms with Gasteiger partial charge in [0.05, 0.1) is 23.5 Å². The van der Waals surface area contributed by atoms with E-state index in [9.17, 15) is 9.50 Å². The Labute approximate surface area is 101 Å². The van der Waals surface area contributed by atoms with Crippen molar-refractivity contribution in [2.24, 2.45) is 0 Å². The van der Waals surface area contributed by atoms with Crippen molar-refractivity contribution in [2.75, 3.05) is 17.7 Å². The normalized spacial score (nSPS) is 24.6. The molecular weight excluding hydrogens is 219 g/mol. The Kier molecular flexibility index (Phi) is 3.52. The van der Waals surface area contributed by atoms with Gasteiger partial charge in [-0.15, -0.1) is 0 Å². The summed E-state index contributed by atoms with van der Waals surface area (Å²) in [6.07, 6.45) is 3.65. The zero-order chi connectivity index (χ0) is 12.4. The Morgan fingerprint density at radius 3 is 2.71 bits per heavy atom. The van der Waals surface area contributed by atoms with Crippen LogP contribution in [0.2, 0.25) is 0 Å². The zero-order valence-corrected chi connectivity index (χ0v) is 10.1. The number of nitrogen functional groups attached to an aromatic ring is 1. The number of rotatable bonds is 2. The third-order valence-corrected chi connectivity index (χ3v) is 3.56. The Hall–Kier alpha value is -1.29. The summed E-state index contributed by atoms with van der Waals surface area (Å²) in [5.41, 5.74) is 7.02. The molecule has 0 aromatic heterocycles. The second-order valence-electron chi connectivity index (χ2n) is 4.73. The van der Waals surface area contributed by atoms with E-state index in [0.29, 0.717) is 5.69 Å². The SMILES string of the molecule is CN(c1ccc(F)cc1N)C1CCCCC1O. The number of aliphatic hydroxyl groups excluding tert-OH is 1. The highest BCUT2D eigenvalue weighted by Gasteiger charge is 2.27. The third-order valence-electron chi connectivity index (χ3n) is 3.56. The summed E-state index contributed by atoms with van der Waals surface area (Å²) in [6.45, 7) is 0. The molecule has 17 heavy (non-hydrogen) atoms. The monoisotopic (exact) mass is 238 g/mol. The van der Waals surface area contributed by atoms with Crippen molar-refractivity contribution in [3.8, 4) is 0 Å². The van der Waals surface area contributed by atoms with Gasteiger partial charge in [-0.1, -0.05) is 12.8 Å². The first-order valence-corrected chi connectivity index (χ1v) is 6.05. The van der Waals surface area contributed by atoms with Gasteiger partial charge in [-0.3, -0.25) is 0 Å². The molecule has 94 valence electrons. The Morgan fingerprint density at radius 1 is 1.35 bits per heavy atom. The molecule has 3 nitrogen and oxygen atoms in total. The summed E-state index contributed by atoms with van der Waals surface area (Å²) in [7, 11) is 1.91. The molecule has 2 unspecified atom stereocenters. The molecular formula is C13H19FN2O. The van der Waals surface area contributed by atoms with E-state index < -0.39 is 0 Å². The standard InChI is InChI=1S/C13H19FN2O/c1-16(12-4-2-3-5-13(12)17)11-7-6-9(14)8-10(11)15/h6-8,12-13,17H,2-5,15H2,1H3. The largest absolute Gasteiger partial charge is 0.397 e. The predicted molar refractivity (Wildman–Crippen MR) is 67.5 cm³/mol. The van der Waals surface area contributed by atoms with Crippen molar-refractivity contribution in [1.29, 1.82) is 0 Å². The third kappa shape index (κ3) is 2.52. The van der Waals surface area contributed by atoms with E-state index in [-0.39, 0.29) is 18.0 Å². The molecule has 0 bridgehead atoms. The number of benzene rings is 1. The molecule has 0 heterocycles. The van der Waals surface area contributed by atoms with Gasteiger partial charge < -0.3 is 15.7 Å². The first-order chi connectivity index (χ1) is 8.09. The van der Waals surface area contributed by atoms with Crippen LogP contribution in [-0.4, -0.2) is 24.3 Å². The number of hydrogen-bond acceptors (Lipinski definition) is 3. The van der Waals surface area contributed by atoms with Crippen LogP contribution >= 0.6 is 0 Å². The summed E-state index contributed by atoms with van der Waals surface area (Å²) in [4.78, 5) is 1.97. The fourth-order valence-electron chi connectivity index (χ4n) is 2.57. The second kappa shape index (κ2) is 4.92. The lowest BCUT2D eigenvalue weighted by atomic mass is 9.91. The van der Waals surface area contributed by atoms with E-state index in [0.717, 1.165) is 31.4 Å². The molecule has 0 amide bonds. The highest BCUT2D eigenvalue weighted by atomic mass is 19.1. The molecule has 2 rings (SSSR count). The molecule has 1 aliphatic carbocycles. The summed E-state index contributed by atoms with van der Waals surface area (Å²) in [6, 6.07) is 4.47. The molecule has 0 aliphatic heterocycles. The Bertz CT molecular complexity index is 397. The summed E-state index contributed by atoms with van der Waals surface area (Å²) >= 11 is 0. The van der Waals surface area contributed by atoms with Crippen molar-refractivity contribution in [3.63, 3.8) is 0 Å². The van der Waals surface area contributed by atoms with E-state index in [1.807, 2.05) is 11.9 Å². The molecule has 1 aromatic rings. The first kappa shape index (κ1) is 12.2. The van der Waals surface area contributed by atoms with Crippen LogP contribution in [0.1, 0.15) is 25.7 Å². The van der Waals surface area contributed by atoms with E-state index >= 15 is 0 Å². The van der Waals surface area contributed by atoms with Crippen LogP contribution in [0.25, 0.3) is 0 Å².